The quantitative estimate of drug-likeness (QED) is 0.726. The number of amides is 1. The van der Waals surface area contributed by atoms with E-state index in [-0.39, 0.29) is 12.3 Å². The molecule has 128 valence electrons. The van der Waals surface area contributed by atoms with Gasteiger partial charge in [0.05, 0.1) is 33.9 Å². The summed E-state index contributed by atoms with van der Waals surface area (Å²) >= 11 is 0. The van der Waals surface area contributed by atoms with E-state index >= 15 is 0 Å². The van der Waals surface area contributed by atoms with Gasteiger partial charge in [0.15, 0.2) is 0 Å². The van der Waals surface area contributed by atoms with Gasteiger partial charge in [-0.3, -0.25) is 9.69 Å². The van der Waals surface area contributed by atoms with Crippen LogP contribution < -0.4 is 14.8 Å². The molecule has 0 aliphatic carbocycles. The summed E-state index contributed by atoms with van der Waals surface area (Å²) in [4.78, 5) is 14.5. The molecule has 1 amide bonds. The minimum atomic E-state index is -0.00136. The predicted molar refractivity (Wildman–Crippen MR) is 88.1 cm³/mol. The zero-order chi connectivity index (χ0) is 16.5. The number of benzene rings is 1. The van der Waals surface area contributed by atoms with E-state index in [1.807, 2.05) is 18.2 Å². The van der Waals surface area contributed by atoms with E-state index in [0.29, 0.717) is 12.3 Å². The van der Waals surface area contributed by atoms with Crippen LogP contribution in [0.25, 0.3) is 0 Å². The van der Waals surface area contributed by atoms with Gasteiger partial charge in [-0.1, -0.05) is 0 Å². The van der Waals surface area contributed by atoms with Gasteiger partial charge in [0.2, 0.25) is 5.91 Å². The van der Waals surface area contributed by atoms with Crippen LogP contribution >= 0.6 is 0 Å². The van der Waals surface area contributed by atoms with Crippen LogP contribution in [-0.2, 0) is 16.0 Å². The van der Waals surface area contributed by atoms with E-state index < -0.39 is 0 Å². The van der Waals surface area contributed by atoms with Gasteiger partial charge >= 0.3 is 0 Å². The molecule has 6 nitrogen and oxygen atoms in total. The van der Waals surface area contributed by atoms with Crippen molar-refractivity contribution in [2.24, 2.45) is 0 Å². The number of hydrogen-bond donors (Lipinski definition) is 1. The highest BCUT2D eigenvalue weighted by Crippen LogP contribution is 2.24. The summed E-state index contributed by atoms with van der Waals surface area (Å²) < 4.78 is 15.8. The fourth-order valence-corrected chi connectivity index (χ4v) is 2.61. The first-order valence-electron chi connectivity index (χ1n) is 8.00. The molecule has 1 aromatic rings. The number of methoxy groups -OCH3 is 2. The third-order valence-corrected chi connectivity index (χ3v) is 3.92. The largest absolute Gasteiger partial charge is 0.497 e. The van der Waals surface area contributed by atoms with Crippen molar-refractivity contribution in [2.45, 2.75) is 12.8 Å². The number of carbonyl (C=O) groups excluding carboxylic acids is 1. The Bertz CT molecular complexity index is 501. The molecular weight excluding hydrogens is 296 g/mol. The average Bonchev–Trinajstić information content (AvgIpc) is 2.59. The van der Waals surface area contributed by atoms with Crippen LogP contribution in [0.4, 0.5) is 0 Å². The second-order valence-electron chi connectivity index (χ2n) is 5.51. The average molecular weight is 322 g/mol. The molecule has 0 bridgehead atoms. The van der Waals surface area contributed by atoms with Crippen molar-refractivity contribution in [3.63, 3.8) is 0 Å². The summed E-state index contributed by atoms with van der Waals surface area (Å²) in [5.74, 6) is 1.42. The monoisotopic (exact) mass is 322 g/mol. The Labute approximate surface area is 137 Å². The summed E-state index contributed by atoms with van der Waals surface area (Å²) in [6, 6.07) is 5.48. The smallest absolute Gasteiger partial charge is 0.224 e. The Morgan fingerprint density at radius 3 is 2.74 bits per heavy atom. The molecule has 1 heterocycles. The van der Waals surface area contributed by atoms with Crippen molar-refractivity contribution in [3.8, 4) is 11.5 Å². The van der Waals surface area contributed by atoms with Crippen molar-refractivity contribution in [1.29, 1.82) is 0 Å². The lowest BCUT2D eigenvalue weighted by Crippen LogP contribution is -2.38. The van der Waals surface area contributed by atoms with Crippen LogP contribution in [0.2, 0.25) is 0 Å². The molecule has 2 rings (SSSR count). The first-order valence-corrected chi connectivity index (χ1v) is 8.00. The summed E-state index contributed by atoms with van der Waals surface area (Å²) in [5, 5.41) is 2.97. The highest BCUT2D eigenvalue weighted by Gasteiger charge is 2.11. The Morgan fingerprint density at radius 1 is 1.26 bits per heavy atom. The zero-order valence-corrected chi connectivity index (χ0v) is 14.0. The van der Waals surface area contributed by atoms with Crippen LogP contribution in [0.3, 0.4) is 0 Å². The Morgan fingerprint density at radius 2 is 2.04 bits per heavy atom. The predicted octanol–water partition coefficient (Wildman–Crippen LogP) is 1.08. The maximum absolute atomic E-state index is 12.1. The summed E-state index contributed by atoms with van der Waals surface area (Å²) in [6.45, 7) is 5.25. The molecule has 0 radical (unpaired) electrons. The molecule has 1 aliphatic heterocycles. The van der Waals surface area contributed by atoms with Crippen molar-refractivity contribution in [2.75, 3.05) is 53.6 Å². The van der Waals surface area contributed by atoms with Gasteiger partial charge in [0.25, 0.3) is 0 Å². The number of nitrogens with zero attached hydrogens (tertiary/aromatic N) is 1. The molecule has 0 atom stereocenters. The SMILES string of the molecule is COc1ccc(OC)c(CC(=O)NCCCN2CCOCC2)c1. The maximum Gasteiger partial charge on any atom is 0.224 e. The van der Waals surface area contributed by atoms with Crippen molar-refractivity contribution >= 4 is 5.91 Å². The molecule has 1 aromatic carbocycles. The summed E-state index contributed by atoms with van der Waals surface area (Å²) in [5.41, 5.74) is 0.831. The molecule has 23 heavy (non-hydrogen) atoms. The lowest BCUT2D eigenvalue weighted by Gasteiger charge is -2.26. The van der Waals surface area contributed by atoms with E-state index in [0.717, 1.165) is 50.6 Å². The normalized spacial score (nSPS) is 15.2. The minimum absolute atomic E-state index is 0.00136. The lowest BCUT2D eigenvalue weighted by molar-refractivity contribution is -0.120. The van der Waals surface area contributed by atoms with E-state index in [1.165, 1.54) is 0 Å². The number of rotatable bonds is 8. The fraction of sp³-hybridized carbons (Fsp3) is 0.588. The molecule has 0 saturated carbocycles. The van der Waals surface area contributed by atoms with Crippen molar-refractivity contribution < 1.29 is 19.0 Å². The molecule has 0 aromatic heterocycles. The van der Waals surface area contributed by atoms with Gasteiger partial charge in [-0.2, -0.15) is 0 Å². The van der Waals surface area contributed by atoms with Crippen LogP contribution in [0, 0.1) is 0 Å². The van der Waals surface area contributed by atoms with Crippen LogP contribution in [0.15, 0.2) is 18.2 Å². The van der Waals surface area contributed by atoms with Gasteiger partial charge in [0.1, 0.15) is 11.5 Å². The maximum atomic E-state index is 12.1. The van der Waals surface area contributed by atoms with Crippen LogP contribution in [0.5, 0.6) is 11.5 Å². The fourth-order valence-electron chi connectivity index (χ4n) is 2.61. The first-order chi connectivity index (χ1) is 11.2. The number of ether oxygens (including phenoxy) is 3. The third kappa shape index (κ3) is 5.73. The standard InChI is InChI=1S/C17H26N2O4/c1-21-15-4-5-16(22-2)14(12-15)13-17(20)18-6-3-7-19-8-10-23-11-9-19/h4-5,12H,3,6-11,13H2,1-2H3,(H,18,20). The highest BCUT2D eigenvalue weighted by molar-refractivity contribution is 5.79. The molecule has 1 aliphatic rings. The van der Waals surface area contributed by atoms with Gasteiger partial charge in [-0.15, -0.1) is 0 Å². The van der Waals surface area contributed by atoms with E-state index in [1.54, 1.807) is 14.2 Å². The van der Waals surface area contributed by atoms with Crippen LogP contribution in [-0.4, -0.2) is 64.4 Å². The Kier molecular flexibility index (Phi) is 7.16. The number of nitrogens with one attached hydrogen (secondary N) is 1. The third-order valence-electron chi connectivity index (χ3n) is 3.92. The highest BCUT2D eigenvalue weighted by atomic mass is 16.5. The molecular formula is C17H26N2O4. The minimum Gasteiger partial charge on any atom is -0.497 e. The molecule has 1 fully saturated rings. The zero-order valence-electron chi connectivity index (χ0n) is 14.0. The topological polar surface area (TPSA) is 60.0 Å². The van der Waals surface area contributed by atoms with E-state index in [2.05, 4.69) is 10.2 Å². The molecule has 6 heteroatoms. The first kappa shape index (κ1) is 17.6. The summed E-state index contributed by atoms with van der Waals surface area (Å²) in [7, 11) is 3.21. The van der Waals surface area contributed by atoms with Gasteiger partial charge in [0, 0.05) is 25.2 Å². The second kappa shape index (κ2) is 9.37. The molecule has 1 N–H and O–H groups in total. The summed E-state index contributed by atoms with van der Waals surface area (Å²) in [6.07, 6.45) is 1.24. The van der Waals surface area contributed by atoms with Crippen LogP contribution in [0.1, 0.15) is 12.0 Å². The number of hydrogen-bond acceptors (Lipinski definition) is 5. The van der Waals surface area contributed by atoms with Gasteiger partial charge < -0.3 is 19.5 Å². The Balaban J connectivity index is 1.73. The number of carbonyl (C=O) groups is 1. The Hall–Kier alpha value is -1.79. The van der Waals surface area contributed by atoms with E-state index in [9.17, 15) is 4.79 Å². The van der Waals surface area contributed by atoms with Crippen molar-refractivity contribution in [1.82, 2.24) is 10.2 Å². The van der Waals surface area contributed by atoms with E-state index in [4.69, 9.17) is 14.2 Å². The van der Waals surface area contributed by atoms with Gasteiger partial charge in [-0.05, 0) is 31.2 Å². The number of morpholine rings is 1. The second-order valence-corrected chi connectivity index (χ2v) is 5.51. The van der Waals surface area contributed by atoms with Crippen molar-refractivity contribution in [3.05, 3.63) is 23.8 Å². The van der Waals surface area contributed by atoms with Gasteiger partial charge in [-0.25, -0.2) is 0 Å². The molecule has 0 spiro atoms. The molecule has 1 saturated heterocycles. The lowest BCUT2D eigenvalue weighted by atomic mass is 10.1. The molecule has 0 unspecified atom stereocenters.